The van der Waals surface area contributed by atoms with Gasteiger partial charge in [-0.15, -0.1) is 0 Å². The number of carbonyl (C=O) groups is 1. The Kier molecular flexibility index (Phi) is 6.69. The minimum Gasteiger partial charge on any atom is -0.356 e. The molecule has 7 heteroatoms. The zero-order valence-electron chi connectivity index (χ0n) is 19.5. The molecule has 174 valence electrons. The lowest BCUT2D eigenvalue weighted by Gasteiger charge is -2.33. The van der Waals surface area contributed by atoms with Gasteiger partial charge in [0.15, 0.2) is 5.65 Å². The predicted molar refractivity (Wildman–Crippen MR) is 129 cm³/mol. The van der Waals surface area contributed by atoms with Crippen molar-refractivity contribution in [2.75, 3.05) is 26.2 Å². The molecule has 2 unspecified atom stereocenters. The number of carbonyl (C=O) groups excluding carboxylic acids is 1. The highest BCUT2D eigenvalue weighted by atomic mass is 16.1. The number of fused-ring (bicyclic) bond motifs is 1. The van der Waals surface area contributed by atoms with E-state index in [0.29, 0.717) is 18.3 Å². The van der Waals surface area contributed by atoms with Gasteiger partial charge in [-0.1, -0.05) is 30.3 Å². The summed E-state index contributed by atoms with van der Waals surface area (Å²) in [6.07, 6.45) is 5.92. The molecule has 33 heavy (non-hydrogen) atoms. The zero-order chi connectivity index (χ0) is 22.6. The summed E-state index contributed by atoms with van der Waals surface area (Å²) < 4.78 is 2.09. The van der Waals surface area contributed by atoms with Crippen LogP contribution in [0, 0.1) is 12.8 Å². The van der Waals surface area contributed by atoms with Crippen LogP contribution in [0.25, 0.3) is 5.65 Å². The van der Waals surface area contributed by atoms with Gasteiger partial charge in [0, 0.05) is 50.3 Å². The van der Waals surface area contributed by atoms with E-state index in [4.69, 9.17) is 10.1 Å². The minimum absolute atomic E-state index is 0.173. The molecule has 1 aromatic carbocycles. The quantitative estimate of drug-likeness (QED) is 0.584. The molecule has 3 aromatic rings. The number of benzene rings is 1. The van der Waals surface area contributed by atoms with Crippen LogP contribution >= 0.6 is 0 Å². The number of amides is 1. The van der Waals surface area contributed by atoms with E-state index < -0.39 is 0 Å². The molecule has 2 aliphatic rings. The summed E-state index contributed by atoms with van der Waals surface area (Å²) in [4.78, 5) is 18.7. The maximum Gasteiger partial charge on any atom is 0.220 e. The van der Waals surface area contributed by atoms with E-state index in [-0.39, 0.29) is 5.91 Å². The van der Waals surface area contributed by atoms with Crippen molar-refractivity contribution in [3.63, 3.8) is 0 Å². The number of aryl methyl sites for hydroxylation is 1. The number of aromatic nitrogens is 3. The Morgan fingerprint density at radius 1 is 1.18 bits per heavy atom. The molecule has 0 bridgehead atoms. The second-order valence-electron chi connectivity index (χ2n) is 9.57. The topological polar surface area (TPSA) is 74.6 Å². The standard InChI is InChI=1S/C26H34N6O/c1-19-23(16-27-14-21-9-10-25(33)29-15-21)26-28-12-11-24(32(26)30-19)22-8-5-13-31(18-22)17-20-6-3-2-4-7-20/h2-4,6-7,11-12,21-22,27H,5,8-10,13-18H2,1H3,(H,29,33). The van der Waals surface area contributed by atoms with Gasteiger partial charge >= 0.3 is 0 Å². The summed E-state index contributed by atoms with van der Waals surface area (Å²) in [6.45, 7) is 7.69. The summed E-state index contributed by atoms with van der Waals surface area (Å²) in [6, 6.07) is 12.9. The summed E-state index contributed by atoms with van der Waals surface area (Å²) in [5, 5.41) is 11.5. The molecule has 0 saturated carbocycles. The first kappa shape index (κ1) is 22.0. The lowest BCUT2D eigenvalue weighted by Crippen LogP contribution is -2.39. The fourth-order valence-corrected chi connectivity index (χ4v) is 5.27. The number of piperidine rings is 2. The van der Waals surface area contributed by atoms with Crippen molar-refractivity contribution in [2.24, 2.45) is 5.92 Å². The van der Waals surface area contributed by atoms with Crippen LogP contribution in [0.5, 0.6) is 0 Å². The second kappa shape index (κ2) is 10.0. The van der Waals surface area contributed by atoms with Gasteiger partial charge in [-0.2, -0.15) is 5.10 Å². The van der Waals surface area contributed by atoms with E-state index >= 15 is 0 Å². The molecule has 2 saturated heterocycles. The van der Waals surface area contributed by atoms with Crippen LogP contribution in [0.1, 0.15) is 54.1 Å². The Labute approximate surface area is 195 Å². The molecule has 2 atom stereocenters. The average Bonchev–Trinajstić information content (AvgIpc) is 3.16. The molecular weight excluding hydrogens is 412 g/mol. The van der Waals surface area contributed by atoms with Crippen LogP contribution in [-0.2, 0) is 17.9 Å². The lowest BCUT2D eigenvalue weighted by atomic mass is 9.94. The van der Waals surface area contributed by atoms with Crippen molar-refractivity contribution >= 4 is 11.6 Å². The minimum atomic E-state index is 0.173. The number of rotatable bonds is 7. The van der Waals surface area contributed by atoms with Gasteiger partial charge in [0.2, 0.25) is 5.91 Å². The maximum absolute atomic E-state index is 11.4. The molecule has 2 aliphatic heterocycles. The zero-order valence-corrected chi connectivity index (χ0v) is 19.5. The maximum atomic E-state index is 11.4. The Bertz CT molecular complexity index is 1080. The Hall–Kier alpha value is -2.77. The average molecular weight is 447 g/mol. The molecule has 2 N–H and O–H groups in total. The molecule has 2 aromatic heterocycles. The van der Waals surface area contributed by atoms with Crippen molar-refractivity contribution in [3.05, 3.63) is 65.1 Å². The number of hydrogen-bond acceptors (Lipinski definition) is 5. The summed E-state index contributed by atoms with van der Waals surface area (Å²) in [5.41, 5.74) is 5.82. The number of nitrogens with one attached hydrogen (secondary N) is 2. The molecule has 7 nitrogen and oxygen atoms in total. The fourth-order valence-electron chi connectivity index (χ4n) is 5.27. The smallest absolute Gasteiger partial charge is 0.220 e. The van der Waals surface area contributed by atoms with Gasteiger partial charge in [0.1, 0.15) is 0 Å². The highest BCUT2D eigenvalue weighted by molar-refractivity contribution is 5.76. The number of likely N-dealkylation sites (tertiary alicyclic amines) is 1. The third-order valence-electron chi connectivity index (χ3n) is 7.12. The molecule has 0 aliphatic carbocycles. The monoisotopic (exact) mass is 446 g/mol. The van der Waals surface area contributed by atoms with E-state index in [1.54, 1.807) is 0 Å². The predicted octanol–water partition coefficient (Wildman–Crippen LogP) is 3.03. The molecule has 2 fully saturated rings. The Balaban J connectivity index is 1.28. The van der Waals surface area contributed by atoms with E-state index in [9.17, 15) is 4.79 Å². The van der Waals surface area contributed by atoms with Crippen LogP contribution in [0.4, 0.5) is 0 Å². The third kappa shape index (κ3) is 5.09. The molecule has 0 radical (unpaired) electrons. The Morgan fingerprint density at radius 2 is 2.06 bits per heavy atom. The van der Waals surface area contributed by atoms with Gasteiger partial charge in [0.25, 0.3) is 0 Å². The highest BCUT2D eigenvalue weighted by Crippen LogP contribution is 2.29. The largest absolute Gasteiger partial charge is 0.356 e. The van der Waals surface area contributed by atoms with E-state index in [1.807, 2.05) is 6.20 Å². The van der Waals surface area contributed by atoms with Crippen molar-refractivity contribution in [1.29, 1.82) is 0 Å². The molecule has 4 heterocycles. The third-order valence-corrected chi connectivity index (χ3v) is 7.12. The van der Waals surface area contributed by atoms with Gasteiger partial charge in [0.05, 0.1) is 11.4 Å². The second-order valence-corrected chi connectivity index (χ2v) is 9.57. The molecular formula is C26H34N6O. The van der Waals surface area contributed by atoms with Crippen molar-refractivity contribution in [1.82, 2.24) is 30.1 Å². The molecule has 1 amide bonds. The Morgan fingerprint density at radius 3 is 2.88 bits per heavy atom. The normalized spacial score (nSPS) is 21.9. The van der Waals surface area contributed by atoms with Gasteiger partial charge in [-0.3, -0.25) is 9.69 Å². The summed E-state index contributed by atoms with van der Waals surface area (Å²) in [5.74, 6) is 1.12. The van der Waals surface area contributed by atoms with Gasteiger partial charge in [-0.25, -0.2) is 9.50 Å². The van der Waals surface area contributed by atoms with Gasteiger partial charge < -0.3 is 10.6 Å². The van der Waals surface area contributed by atoms with Crippen LogP contribution in [0.3, 0.4) is 0 Å². The van der Waals surface area contributed by atoms with Crippen molar-refractivity contribution in [3.8, 4) is 0 Å². The fraction of sp³-hybridized carbons (Fsp3) is 0.500. The summed E-state index contributed by atoms with van der Waals surface area (Å²) in [7, 11) is 0. The lowest BCUT2D eigenvalue weighted by molar-refractivity contribution is -0.122. The number of nitrogens with zero attached hydrogens (tertiary/aromatic N) is 4. The van der Waals surface area contributed by atoms with Gasteiger partial charge in [-0.05, 0) is 56.8 Å². The van der Waals surface area contributed by atoms with E-state index in [0.717, 1.165) is 57.0 Å². The van der Waals surface area contributed by atoms with Crippen LogP contribution in [0.2, 0.25) is 0 Å². The van der Waals surface area contributed by atoms with Crippen LogP contribution in [-0.4, -0.2) is 51.6 Å². The first-order valence-corrected chi connectivity index (χ1v) is 12.2. The SMILES string of the molecule is Cc1nn2c(C3CCCN(Cc4ccccc4)C3)ccnc2c1CNCC1CCC(=O)NC1. The molecule has 5 rings (SSSR count). The molecule has 0 spiro atoms. The first-order valence-electron chi connectivity index (χ1n) is 12.2. The van der Waals surface area contributed by atoms with Crippen molar-refractivity contribution in [2.45, 2.75) is 51.6 Å². The highest BCUT2D eigenvalue weighted by Gasteiger charge is 2.25. The number of hydrogen-bond donors (Lipinski definition) is 2. The van der Waals surface area contributed by atoms with Crippen molar-refractivity contribution < 1.29 is 4.79 Å². The van der Waals surface area contributed by atoms with E-state index in [1.165, 1.54) is 29.7 Å². The summed E-state index contributed by atoms with van der Waals surface area (Å²) >= 11 is 0. The van der Waals surface area contributed by atoms with E-state index in [2.05, 4.69) is 63.4 Å². The van der Waals surface area contributed by atoms with Crippen LogP contribution in [0.15, 0.2) is 42.6 Å². The first-order chi connectivity index (χ1) is 16.2. The van der Waals surface area contributed by atoms with Crippen LogP contribution < -0.4 is 10.6 Å².